The fraction of sp³-hybridized carbons (Fsp3) is 0.364. The summed E-state index contributed by atoms with van der Waals surface area (Å²) in [5.74, 6) is 1.01. The van der Waals surface area contributed by atoms with E-state index in [1.807, 2.05) is 42.5 Å². The van der Waals surface area contributed by atoms with Crippen molar-refractivity contribution in [3.8, 4) is 5.75 Å². The molecule has 27 heavy (non-hydrogen) atoms. The molecule has 0 aliphatic heterocycles. The van der Waals surface area contributed by atoms with E-state index in [0.717, 1.165) is 29.7 Å². The number of rotatable bonds is 8. The van der Waals surface area contributed by atoms with Crippen LogP contribution < -0.4 is 15.4 Å². The van der Waals surface area contributed by atoms with Crippen LogP contribution in [0.25, 0.3) is 0 Å². The molecule has 1 aliphatic carbocycles. The monoisotopic (exact) mass is 366 g/mol. The van der Waals surface area contributed by atoms with Gasteiger partial charge < -0.3 is 15.4 Å². The lowest BCUT2D eigenvalue weighted by molar-refractivity contribution is -0.123. The van der Waals surface area contributed by atoms with Crippen LogP contribution in [0.5, 0.6) is 5.75 Å². The maximum Gasteiger partial charge on any atom is 0.222 e. The van der Waals surface area contributed by atoms with Gasteiger partial charge >= 0.3 is 0 Å². The number of amides is 2. The van der Waals surface area contributed by atoms with Crippen LogP contribution >= 0.6 is 0 Å². The Morgan fingerprint density at radius 3 is 2.22 bits per heavy atom. The highest BCUT2D eigenvalue weighted by Crippen LogP contribution is 2.41. The smallest absolute Gasteiger partial charge is 0.222 e. The van der Waals surface area contributed by atoms with Gasteiger partial charge in [-0.05, 0) is 42.0 Å². The molecule has 0 saturated heterocycles. The Bertz CT molecular complexity index is 770. The molecule has 0 heterocycles. The number of methoxy groups -OCH3 is 1. The number of hydrogen-bond acceptors (Lipinski definition) is 3. The summed E-state index contributed by atoms with van der Waals surface area (Å²) in [5.41, 5.74) is 2.01. The third-order valence-corrected chi connectivity index (χ3v) is 4.85. The van der Waals surface area contributed by atoms with Crippen molar-refractivity contribution < 1.29 is 14.3 Å². The highest BCUT2D eigenvalue weighted by atomic mass is 16.5. The third-order valence-electron chi connectivity index (χ3n) is 4.85. The second kappa shape index (κ2) is 8.71. The molecule has 5 heteroatoms. The second-order valence-electron chi connectivity index (χ2n) is 7.02. The standard InChI is InChI=1S/C22H26N2O3/c1-15(25)23-20(16-10-12-19(27-2)13-11-16)14-21(26)24-22(18-8-9-18)17-6-4-3-5-7-17/h3-7,10-13,18,20,22H,8-9,14H2,1-2H3,(H,23,25)(H,24,26). The van der Waals surface area contributed by atoms with Crippen LogP contribution in [0.15, 0.2) is 54.6 Å². The van der Waals surface area contributed by atoms with Crippen LogP contribution in [0.1, 0.15) is 49.4 Å². The van der Waals surface area contributed by atoms with E-state index < -0.39 is 0 Å². The minimum atomic E-state index is -0.371. The molecule has 0 spiro atoms. The Morgan fingerprint density at radius 2 is 1.67 bits per heavy atom. The lowest BCUT2D eigenvalue weighted by Gasteiger charge is -2.22. The van der Waals surface area contributed by atoms with Gasteiger partial charge in [0.1, 0.15) is 5.75 Å². The normalized spacial score (nSPS) is 15.5. The first kappa shape index (κ1) is 19.0. The summed E-state index contributed by atoms with van der Waals surface area (Å²) in [4.78, 5) is 24.4. The van der Waals surface area contributed by atoms with E-state index in [-0.39, 0.29) is 30.3 Å². The quantitative estimate of drug-likeness (QED) is 0.751. The molecule has 0 aromatic heterocycles. The molecule has 1 aliphatic rings. The van der Waals surface area contributed by atoms with E-state index in [2.05, 4.69) is 22.8 Å². The van der Waals surface area contributed by atoms with Crippen LogP contribution in [-0.2, 0) is 9.59 Å². The van der Waals surface area contributed by atoms with E-state index in [9.17, 15) is 9.59 Å². The number of benzene rings is 2. The van der Waals surface area contributed by atoms with Crippen LogP contribution in [0, 0.1) is 5.92 Å². The average Bonchev–Trinajstić information content (AvgIpc) is 3.51. The Hall–Kier alpha value is -2.82. The molecule has 0 radical (unpaired) electrons. The molecule has 2 amide bonds. The topological polar surface area (TPSA) is 67.4 Å². The first-order valence-corrected chi connectivity index (χ1v) is 9.32. The van der Waals surface area contributed by atoms with Gasteiger partial charge in [-0.1, -0.05) is 42.5 Å². The van der Waals surface area contributed by atoms with Crippen molar-refractivity contribution in [2.45, 2.75) is 38.3 Å². The van der Waals surface area contributed by atoms with E-state index in [1.165, 1.54) is 6.92 Å². The molecule has 5 nitrogen and oxygen atoms in total. The third kappa shape index (κ3) is 5.33. The highest BCUT2D eigenvalue weighted by Gasteiger charge is 2.33. The molecule has 2 N–H and O–H groups in total. The van der Waals surface area contributed by atoms with Gasteiger partial charge in [-0.15, -0.1) is 0 Å². The summed E-state index contributed by atoms with van der Waals surface area (Å²) in [7, 11) is 1.61. The summed E-state index contributed by atoms with van der Waals surface area (Å²) in [5, 5.41) is 6.06. The molecule has 2 atom stereocenters. The van der Waals surface area contributed by atoms with Crippen LogP contribution in [0.4, 0.5) is 0 Å². The highest BCUT2D eigenvalue weighted by molar-refractivity contribution is 5.79. The molecule has 142 valence electrons. The molecule has 2 aromatic carbocycles. The molecule has 3 rings (SSSR count). The Morgan fingerprint density at radius 1 is 1.00 bits per heavy atom. The van der Waals surface area contributed by atoms with Gasteiger partial charge in [0.15, 0.2) is 0 Å². The van der Waals surface area contributed by atoms with Crippen molar-refractivity contribution in [3.05, 3.63) is 65.7 Å². The van der Waals surface area contributed by atoms with Gasteiger partial charge in [-0.25, -0.2) is 0 Å². The number of nitrogens with one attached hydrogen (secondary N) is 2. The zero-order valence-corrected chi connectivity index (χ0v) is 15.8. The zero-order chi connectivity index (χ0) is 19.2. The summed E-state index contributed by atoms with van der Waals surface area (Å²) in [6, 6.07) is 17.2. The number of carbonyl (C=O) groups is 2. The van der Waals surface area contributed by atoms with Crippen LogP contribution in [0.3, 0.4) is 0 Å². The lowest BCUT2D eigenvalue weighted by Crippen LogP contribution is -2.35. The molecule has 0 bridgehead atoms. The van der Waals surface area contributed by atoms with Crippen molar-refractivity contribution in [2.75, 3.05) is 7.11 Å². The molecular weight excluding hydrogens is 340 g/mol. The predicted octanol–water partition coefficient (Wildman–Crippen LogP) is 3.53. The summed E-state index contributed by atoms with van der Waals surface area (Å²) in [6.45, 7) is 1.46. The van der Waals surface area contributed by atoms with Gasteiger partial charge in [0, 0.05) is 6.92 Å². The Kier molecular flexibility index (Phi) is 6.12. The number of hydrogen-bond donors (Lipinski definition) is 2. The lowest BCUT2D eigenvalue weighted by atomic mass is 10.00. The van der Waals surface area contributed by atoms with E-state index in [1.54, 1.807) is 7.11 Å². The van der Waals surface area contributed by atoms with E-state index >= 15 is 0 Å². The van der Waals surface area contributed by atoms with E-state index in [4.69, 9.17) is 4.74 Å². The number of ether oxygens (including phenoxy) is 1. The fourth-order valence-corrected chi connectivity index (χ4v) is 3.31. The van der Waals surface area contributed by atoms with Crippen molar-refractivity contribution in [3.63, 3.8) is 0 Å². The molecular formula is C22H26N2O3. The number of carbonyl (C=O) groups excluding carboxylic acids is 2. The Balaban J connectivity index is 1.70. The predicted molar refractivity (Wildman–Crippen MR) is 104 cm³/mol. The van der Waals surface area contributed by atoms with E-state index in [0.29, 0.717) is 5.92 Å². The van der Waals surface area contributed by atoms with Crippen molar-refractivity contribution >= 4 is 11.8 Å². The minimum absolute atomic E-state index is 0.0348. The van der Waals surface area contributed by atoms with Gasteiger partial charge in [0.05, 0.1) is 25.6 Å². The summed E-state index contributed by atoms with van der Waals surface area (Å²) < 4.78 is 5.18. The Labute approximate surface area is 160 Å². The summed E-state index contributed by atoms with van der Waals surface area (Å²) in [6.07, 6.45) is 2.46. The van der Waals surface area contributed by atoms with Gasteiger partial charge in [-0.2, -0.15) is 0 Å². The van der Waals surface area contributed by atoms with Crippen LogP contribution in [-0.4, -0.2) is 18.9 Å². The molecule has 2 unspecified atom stereocenters. The largest absolute Gasteiger partial charge is 0.497 e. The SMILES string of the molecule is COc1ccc(C(CC(=O)NC(c2ccccc2)C2CC2)NC(C)=O)cc1. The van der Waals surface area contributed by atoms with Gasteiger partial charge in [-0.3, -0.25) is 9.59 Å². The van der Waals surface area contributed by atoms with Gasteiger partial charge in [0.25, 0.3) is 0 Å². The van der Waals surface area contributed by atoms with Crippen molar-refractivity contribution in [1.29, 1.82) is 0 Å². The summed E-state index contributed by atoms with van der Waals surface area (Å²) >= 11 is 0. The van der Waals surface area contributed by atoms with Gasteiger partial charge in [0.2, 0.25) is 11.8 Å². The molecule has 1 saturated carbocycles. The van der Waals surface area contributed by atoms with Crippen molar-refractivity contribution in [2.24, 2.45) is 5.92 Å². The van der Waals surface area contributed by atoms with Crippen molar-refractivity contribution in [1.82, 2.24) is 10.6 Å². The maximum absolute atomic E-state index is 12.8. The first-order chi connectivity index (χ1) is 13.1. The fourth-order valence-electron chi connectivity index (χ4n) is 3.31. The maximum atomic E-state index is 12.8. The average molecular weight is 366 g/mol. The second-order valence-corrected chi connectivity index (χ2v) is 7.02. The van der Waals surface area contributed by atoms with Crippen LogP contribution in [0.2, 0.25) is 0 Å². The zero-order valence-electron chi connectivity index (χ0n) is 15.8. The molecule has 1 fully saturated rings. The molecule has 2 aromatic rings. The first-order valence-electron chi connectivity index (χ1n) is 9.32. The minimum Gasteiger partial charge on any atom is -0.497 e.